The molecule has 9 heteroatoms. The molecule has 0 radical (unpaired) electrons. The number of hydrogen-bond donors (Lipinski definition) is 2. The van der Waals surface area contributed by atoms with E-state index in [0.717, 1.165) is 0 Å². The largest absolute Gasteiger partial charge is 0.495 e. The Morgan fingerprint density at radius 2 is 1.76 bits per heavy atom. The second kappa shape index (κ2) is 8.86. The maximum absolute atomic E-state index is 12.8. The molecule has 0 heterocycles. The van der Waals surface area contributed by atoms with Gasteiger partial charge in [-0.05, 0) is 64.5 Å². The molecule has 0 saturated heterocycles. The zero-order chi connectivity index (χ0) is 21.0. The lowest BCUT2D eigenvalue weighted by molar-refractivity contribution is 0.102. The molecule has 0 aliphatic rings. The Labute approximate surface area is 182 Å². The van der Waals surface area contributed by atoms with Crippen LogP contribution in [0.2, 0.25) is 5.02 Å². The van der Waals surface area contributed by atoms with Gasteiger partial charge in [-0.25, -0.2) is 8.42 Å². The van der Waals surface area contributed by atoms with E-state index in [1.165, 1.54) is 31.4 Å². The second-order valence-electron chi connectivity index (χ2n) is 5.91. The van der Waals surface area contributed by atoms with Gasteiger partial charge in [0, 0.05) is 15.1 Å². The Hall–Kier alpha value is -2.55. The van der Waals surface area contributed by atoms with E-state index in [-0.39, 0.29) is 10.6 Å². The lowest BCUT2D eigenvalue weighted by atomic mass is 10.2. The number of methoxy groups -OCH3 is 1. The standard InChI is InChI=1S/C20H16BrClN2O4S/c1-28-19-10-9-15(29(26,27)24-17-8-3-2-7-16(17)21)12-18(19)23-20(25)13-5-4-6-14(22)11-13/h2-12,24H,1H3,(H,23,25). The Morgan fingerprint density at radius 3 is 2.45 bits per heavy atom. The molecule has 150 valence electrons. The number of rotatable bonds is 6. The van der Waals surface area contributed by atoms with E-state index in [2.05, 4.69) is 26.0 Å². The van der Waals surface area contributed by atoms with Crippen LogP contribution in [-0.4, -0.2) is 21.4 Å². The van der Waals surface area contributed by atoms with Crippen molar-refractivity contribution < 1.29 is 17.9 Å². The summed E-state index contributed by atoms with van der Waals surface area (Å²) in [6.45, 7) is 0. The Balaban J connectivity index is 1.92. The lowest BCUT2D eigenvalue weighted by Crippen LogP contribution is -2.16. The minimum atomic E-state index is -3.90. The molecule has 0 bridgehead atoms. The second-order valence-corrected chi connectivity index (χ2v) is 8.89. The molecule has 0 aliphatic heterocycles. The highest BCUT2D eigenvalue weighted by Gasteiger charge is 2.19. The zero-order valence-corrected chi connectivity index (χ0v) is 18.3. The van der Waals surface area contributed by atoms with Crippen molar-refractivity contribution in [2.24, 2.45) is 0 Å². The predicted molar refractivity (Wildman–Crippen MR) is 117 cm³/mol. The lowest BCUT2D eigenvalue weighted by Gasteiger charge is -2.14. The van der Waals surface area contributed by atoms with Crippen LogP contribution < -0.4 is 14.8 Å². The molecule has 2 N–H and O–H groups in total. The van der Waals surface area contributed by atoms with E-state index in [1.807, 2.05) is 0 Å². The van der Waals surface area contributed by atoms with E-state index in [1.54, 1.807) is 42.5 Å². The number of carbonyl (C=O) groups excluding carboxylic acids is 1. The maximum atomic E-state index is 12.8. The summed E-state index contributed by atoms with van der Waals surface area (Å²) in [7, 11) is -2.47. The summed E-state index contributed by atoms with van der Waals surface area (Å²) in [6, 6.07) is 17.5. The molecule has 29 heavy (non-hydrogen) atoms. The summed E-state index contributed by atoms with van der Waals surface area (Å²) in [5, 5.41) is 3.08. The van der Waals surface area contributed by atoms with Crippen molar-refractivity contribution in [2.45, 2.75) is 4.90 Å². The number of halogens is 2. The van der Waals surface area contributed by atoms with Crippen molar-refractivity contribution in [3.8, 4) is 5.75 Å². The highest BCUT2D eigenvalue weighted by molar-refractivity contribution is 9.10. The van der Waals surface area contributed by atoms with Crippen molar-refractivity contribution in [3.05, 3.63) is 81.8 Å². The fourth-order valence-electron chi connectivity index (χ4n) is 2.52. The number of anilines is 2. The van der Waals surface area contributed by atoms with Crippen molar-refractivity contribution in [3.63, 3.8) is 0 Å². The van der Waals surface area contributed by atoms with Gasteiger partial charge in [-0.2, -0.15) is 0 Å². The first kappa shape index (κ1) is 21.2. The molecule has 0 spiro atoms. The van der Waals surface area contributed by atoms with Crippen molar-refractivity contribution in [2.75, 3.05) is 17.1 Å². The molecule has 3 rings (SSSR count). The highest BCUT2D eigenvalue weighted by atomic mass is 79.9. The molecule has 1 amide bonds. The molecular weight excluding hydrogens is 480 g/mol. The van der Waals surface area contributed by atoms with E-state index in [0.29, 0.717) is 26.5 Å². The van der Waals surface area contributed by atoms with Gasteiger partial charge in [-0.1, -0.05) is 29.8 Å². The van der Waals surface area contributed by atoms with Gasteiger partial charge < -0.3 is 10.1 Å². The van der Waals surface area contributed by atoms with E-state index in [4.69, 9.17) is 16.3 Å². The molecule has 0 unspecified atom stereocenters. The topological polar surface area (TPSA) is 84.5 Å². The van der Waals surface area contributed by atoms with Gasteiger partial charge in [0.15, 0.2) is 0 Å². The quantitative estimate of drug-likeness (QED) is 0.494. The number of ether oxygens (including phenoxy) is 1. The van der Waals surface area contributed by atoms with Crippen LogP contribution in [0.5, 0.6) is 5.75 Å². The Bertz CT molecular complexity index is 1170. The number of nitrogens with one attached hydrogen (secondary N) is 2. The van der Waals surface area contributed by atoms with Crippen LogP contribution in [0.1, 0.15) is 10.4 Å². The smallest absolute Gasteiger partial charge is 0.262 e. The van der Waals surface area contributed by atoms with Gasteiger partial charge >= 0.3 is 0 Å². The summed E-state index contributed by atoms with van der Waals surface area (Å²) in [4.78, 5) is 12.5. The number of para-hydroxylation sites is 1. The van der Waals surface area contributed by atoms with Gasteiger partial charge in [0.2, 0.25) is 0 Å². The molecule has 0 fully saturated rings. The van der Waals surface area contributed by atoms with Gasteiger partial charge in [-0.3, -0.25) is 9.52 Å². The fourth-order valence-corrected chi connectivity index (χ4v) is 4.33. The highest BCUT2D eigenvalue weighted by Crippen LogP contribution is 2.30. The zero-order valence-electron chi connectivity index (χ0n) is 15.1. The minimum Gasteiger partial charge on any atom is -0.495 e. The number of hydrogen-bond acceptors (Lipinski definition) is 4. The molecule has 0 atom stereocenters. The summed E-state index contributed by atoms with van der Waals surface area (Å²) < 4.78 is 34.0. The van der Waals surface area contributed by atoms with Crippen molar-refractivity contribution >= 4 is 54.8 Å². The number of benzene rings is 3. The van der Waals surface area contributed by atoms with Gasteiger partial charge in [0.1, 0.15) is 5.75 Å². The molecule has 3 aromatic carbocycles. The number of carbonyl (C=O) groups is 1. The van der Waals surface area contributed by atoms with Crippen LogP contribution in [0.25, 0.3) is 0 Å². The molecule has 3 aromatic rings. The Kier molecular flexibility index (Phi) is 6.46. The first-order chi connectivity index (χ1) is 13.8. The average molecular weight is 496 g/mol. The van der Waals surface area contributed by atoms with Gasteiger partial charge in [0.05, 0.1) is 23.4 Å². The third-order valence-corrected chi connectivity index (χ3v) is 6.22. The Morgan fingerprint density at radius 1 is 1.00 bits per heavy atom. The van der Waals surface area contributed by atoms with Crippen LogP contribution in [0, 0.1) is 0 Å². The number of amides is 1. The monoisotopic (exact) mass is 494 g/mol. The summed E-state index contributed by atoms with van der Waals surface area (Å²) in [5.41, 5.74) is 0.944. The van der Waals surface area contributed by atoms with Crippen molar-refractivity contribution in [1.82, 2.24) is 0 Å². The fraction of sp³-hybridized carbons (Fsp3) is 0.0500. The van der Waals surface area contributed by atoms with Crippen LogP contribution in [0.15, 0.2) is 76.1 Å². The molecule has 0 aliphatic carbocycles. The molecule has 0 aromatic heterocycles. The number of sulfonamides is 1. The van der Waals surface area contributed by atoms with E-state index in [9.17, 15) is 13.2 Å². The third-order valence-electron chi connectivity index (χ3n) is 3.93. The molecule has 0 saturated carbocycles. The summed E-state index contributed by atoms with van der Waals surface area (Å²) in [5.74, 6) is -0.126. The van der Waals surface area contributed by atoms with E-state index < -0.39 is 15.9 Å². The van der Waals surface area contributed by atoms with Gasteiger partial charge in [-0.15, -0.1) is 0 Å². The van der Waals surface area contributed by atoms with Crippen LogP contribution in [-0.2, 0) is 10.0 Å². The van der Waals surface area contributed by atoms with Crippen molar-refractivity contribution in [1.29, 1.82) is 0 Å². The predicted octanol–water partition coefficient (Wildman–Crippen LogP) is 5.16. The van der Waals surface area contributed by atoms with E-state index >= 15 is 0 Å². The minimum absolute atomic E-state index is 0.0320. The summed E-state index contributed by atoms with van der Waals surface area (Å²) >= 11 is 9.24. The third kappa shape index (κ3) is 5.09. The molecule has 6 nitrogen and oxygen atoms in total. The first-order valence-corrected chi connectivity index (χ1v) is 11.0. The SMILES string of the molecule is COc1ccc(S(=O)(=O)Nc2ccccc2Br)cc1NC(=O)c1cccc(Cl)c1. The first-order valence-electron chi connectivity index (χ1n) is 8.32. The normalized spacial score (nSPS) is 11.0. The van der Waals surface area contributed by atoms with Crippen LogP contribution in [0.3, 0.4) is 0 Å². The maximum Gasteiger partial charge on any atom is 0.262 e. The van der Waals surface area contributed by atoms with Crippen LogP contribution >= 0.6 is 27.5 Å². The summed E-state index contributed by atoms with van der Waals surface area (Å²) in [6.07, 6.45) is 0. The molecular formula is C20H16BrClN2O4S. The average Bonchev–Trinajstić information content (AvgIpc) is 2.69. The van der Waals surface area contributed by atoms with Crippen LogP contribution in [0.4, 0.5) is 11.4 Å². The van der Waals surface area contributed by atoms with Gasteiger partial charge in [0.25, 0.3) is 15.9 Å².